The Bertz CT molecular complexity index is 653. The Morgan fingerprint density at radius 1 is 1.35 bits per heavy atom. The molecule has 0 spiro atoms. The smallest absolute Gasteiger partial charge is 0.224 e. The van der Waals surface area contributed by atoms with Gasteiger partial charge in [0, 0.05) is 41.7 Å². The Morgan fingerprint density at radius 2 is 2.25 bits per heavy atom. The summed E-state index contributed by atoms with van der Waals surface area (Å²) < 4.78 is 5.74. The Balaban J connectivity index is 1.90. The molecule has 102 valence electrons. The number of carbonyl (C=O) groups excluding carboxylic acids is 1. The fraction of sp³-hybridized carbons (Fsp3) is 0.250. The summed E-state index contributed by atoms with van der Waals surface area (Å²) in [5.41, 5.74) is 4.05. The van der Waals surface area contributed by atoms with E-state index in [0.717, 1.165) is 34.5 Å². The molecule has 0 bridgehead atoms. The summed E-state index contributed by atoms with van der Waals surface area (Å²) in [6.07, 6.45) is 4.99. The van der Waals surface area contributed by atoms with Crippen molar-refractivity contribution in [2.45, 2.75) is 26.4 Å². The minimum absolute atomic E-state index is 0.0351. The summed E-state index contributed by atoms with van der Waals surface area (Å²) in [7, 11) is 0. The number of anilines is 1. The number of amides is 1. The highest BCUT2D eigenvalue weighted by Crippen LogP contribution is 2.38. The van der Waals surface area contributed by atoms with Gasteiger partial charge < -0.3 is 10.1 Å². The highest BCUT2D eigenvalue weighted by Gasteiger charge is 2.17. The van der Waals surface area contributed by atoms with Gasteiger partial charge in [0.25, 0.3) is 0 Å². The Hall–Kier alpha value is -2.36. The van der Waals surface area contributed by atoms with Crippen LogP contribution in [0.3, 0.4) is 0 Å². The van der Waals surface area contributed by atoms with Crippen molar-refractivity contribution in [3.63, 3.8) is 0 Å². The fourth-order valence-corrected chi connectivity index (χ4v) is 2.35. The predicted molar refractivity (Wildman–Crippen MR) is 77.5 cm³/mol. The number of pyridine rings is 1. The SMILES string of the molecule is CCCC(=O)Nc1ccc2c(c1)OCc1cnccc1-2. The van der Waals surface area contributed by atoms with Crippen molar-refractivity contribution in [2.75, 3.05) is 5.32 Å². The molecule has 0 radical (unpaired) electrons. The summed E-state index contributed by atoms with van der Waals surface area (Å²) in [4.78, 5) is 15.7. The summed E-state index contributed by atoms with van der Waals surface area (Å²) in [5.74, 6) is 0.839. The minimum Gasteiger partial charge on any atom is -0.488 e. The van der Waals surface area contributed by atoms with E-state index in [2.05, 4.69) is 10.3 Å². The standard InChI is InChI=1S/C16H16N2O2/c1-2-3-16(19)18-12-4-5-14-13-6-7-17-9-11(13)10-20-15(14)8-12/h4-9H,2-3,10H2,1H3,(H,18,19). The van der Waals surface area contributed by atoms with E-state index in [-0.39, 0.29) is 5.91 Å². The second-order valence-corrected chi connectivity index (χ2v) is 4.83. The van der Waals surface area contributed by atoms with Gasteiger partial charge in [-0.05, 0) is 30.2 Å². The number of rotatable bonds is 3. The molecule has 3 rings (SSSR count). The van der Waals surface area contributed by atoms with Gasteiger partial charge in [-0.25, -0.2) is 0 Å². The molecule has 1 aliphatic rings. The monoisotopic (exact) mass is 268 g/mol. The van der Waals surface area contributed by atoms with Crippen molar-refractivity contribution in [1.82, 2.24) is 4.98 Å². The third kappa shape index (κ3) is 2.37. The van der Waals surface area contributed by atoms with Crippen LogP contribution < -0.4 is 10.1 Å². The van der Waals surface area contributed by atoms with E-state index in [0.29, 0.717) is 13.0 Å². The van der Waals surface area contributed by atoms with E-state index in [4.69, 9.17) is 4.74 Å². The fourth-order valence-electron chi connectivity index (χ4n) is 2.35. The topological polar surface area (TPSA) is 51.2 Å². The molecule has 2 aromatic rings. The van der Waals surface area contributed by atoms with Crippen molar-refractivity contribution >= 4 is 11.6 Å². The molecule has 1 aromatic heterocycles. The first-order valence-electron chi connectivity index (χ1n) is 6.78. The number of nitrogens with zero attached hydrogens (tertiary/aromatic N) is 1. The lowest BCUT2D eigenvalue weighted by atomic mass is 9.98. The molecule has 0 saturated heterocycles. The molecule has 1 N–H and O–H groups in total. The van der Waals surface area contributed by atoms with E-state index >= 15 is 0 Å². The first kappa shape index (κ1) is 12.7. The van der Waals surface area contributed by atoms with E-state index in [1.54, 1.807) is 6.20 Å². The molecule has 0 saturated carbocycles. The van der Waals surface area contributed by atoms with Crippen LogP contribution in [-0.2, 0) is 11.4 Å². The maximum absolute atomic E-state index is 11.6. The zero-order valence-corrected chi connectivity index (χ0v) is 11.3. The van der Waals surface area contributed by atoms with Gasteiger partial charge in [-0.2, -0.15) is 0 Å². The predicted octanol–water partition coefficient (Wildman–Crippen LogP) is 3.38. The number of nitrogens with one attached hydrogen (secondary N) is 1. The Labute approximate surface area is 117 Å². The summed E-state index contributed by atoms with van der Waals surface area (Å²) in [5, 5.41) is 2.89. The lowest BCUT2D eigenvalue weighted by Gasteiger charge is -2.21. The van der Waals surface area contributed by atoms with Crippen molar-refractivity contribution in [2.24, 2.45) is 0 Å². The number of hydrogen-bond acceptors (Lipinski definition) is 3. The first-order chi connectivity index (χ1) is 9.78. The molecule has 1 aromatic carbocycles. The van der Waals surface area contributed by atoms with Crippen LogP contribution in [0.1, 0.15) is 25.3 Å². The van der Waals surface area contributed by atoms with Gasteiger partial charge in [0.15, 0.2) is 0 Å². The maximum atomic E-state index is 11.6. The summed E-state index contributed by atoms with van der Waals surface area (Å²) in [6.45, 7) is 2.50. The number of fused-ring (bicyclic) bond motifs is 3. The molecular weight excluding hydrogens is 252 g/mol. The number of benzene rings is 1. The van der Waals surface area contributed by atoms with Crippen LogP contribution in [0.5, 0.6) is 5.75 Å². The van der Waals surface area contributed by atoms with E-state index in [9.17, 15) is 4.79 Å². The Kier molecular flexibility index (Phi) is 3.37. The zero-order chi connectivity index (χ0) is 13.9. The van der Waals surface area contributed by atoms with Crippen molar-refractivity contribution < 1.29 is 9.53 Å². The molecule has 1 aliphatic heterocycles. The van der Waals surface area contributed by atoms with E-state index in [1.165, 1.54) is 0 Å². The van der Waals surface area contributed by atoms with Crippen LogP contribution in [0.25, 0.3) is 11.1 Å². The average molecular weight is 268 g/mol. The zero-order valence-electron chi connectivity index (χ0n) is 11.3. The van der Waals surface area contributed by atoms with Crippen LogP contribution >= 0.6 is 0 Å². The number of hydrogen-bond donors (Lipinski definition) is 1. The van der Waals surface area contributed by atoms with Crippen LogP contribution in [0.15, 0.2) is 36.7 Å². The van der Waals surface area contributed by atoms with Gasteiger partial charge in [0.05, 0.1) is 0 Å². The molecule has 20 heavy (non-hydrogen) atoms. The van der Waals surface area contributed by atoms with Crippen molar-refractivity contribution in [1.29, 1.82) is 0 Å². The third-order valence-electron chi connectivity index (χ3n) is 3.32. The third-order valence-corrected chi connectivity index (χ3v) is 3.32. The van der Waals surface area contributed by atoms with Crippen LogP contribution in [-0.4, -0.2) is 10.9 Å². The summed E-state index contributed by atoms with van der Waals surface area (Å²) in [6, 6.07) is 7.76. The highest BCUT2D eigenvalue weighted by molar-refractivity contribution is 5.91. The molecule has 0 unspecified atom stereocenters. The van der Waals surface area contributed by atoms with E-state index in [1.807, 2.05) is 37.4 Å². The molecule has 0 fully saturated rings. The second-order valence-electron chi connectivity index (χ2n) is 4.83. The highest BCUT2D eigenvalue weighted by atomic mass is 16.5. The van der Waals surface area contributed by atoms with E-state index < -0.39 is 0 Å². The lowest BCUT2D eigenvalue weighted by molar-refractivity contribution is -0.116. The molecule has 1 amide bonds. The molecule has 0 atom stereocenters. The van der Waals surface area contributed by atoms with Crippen molar-refractivity contribution in [3.05, 3.63) is 42.2 Å². The van der Waals surface area contributed by atoms with Gasteiger partial charge >= 0.3 is 0 Å². The quantitative estimate of drug-likeness (QED) is 0.928. The molecular formula is C16H16N2O2. The van der Waals surface area contributed by atoms with Gasteiger partial charge in [-0.3, -0.25) is 9.78 Å². The average Bonchev–Trinajstić information content (AvgIpc) is 2.47. The van der Waals surface area contributed by atoms with Crippen LogP contribution in [0.2, 0.25) is 0 Å². The number of ether oxygens (including phenoxy) is 1. The van der Waals surface area contributed by atoms with Crippen LogP contribution in [0.4, 0.5) is 5.69 Å². The number of carbonyl (C=O) groups is 1. The van der Waals surface area contributed by atoms with Crippen molar-refractivity contribution in [3.8, 4) is 16.9 Å². The maximum Gasteiger partial charge on any atom is 0.224 e. The molecule has 4 nitrogen and oxygen atoms in total. The number of aromatic nitrogens is 1. The molecule has 0 aliphatic carbocycles. The van der Waals surface area contributed by atoms with Crippen LogP contribution in [0, 0.1) is 0 Å². The largest absolute Gasteiger partial charge is 0.488 e. The van der Waals surface area contributed by atoms with Gasteiger partial charge in [-0.1, -0.05) is 6.92 Å². The normalized spacial score (nSPS) is 12.1. The van der Waals surface area contributed by atoms with Gasteiger partial charge in [0.2, 0.25) is 5.91 Å². The molecule has 2 heterocycles. The Morgan fingerprint density at radius 3 is 3.10 bits per heavy atom. The van der Waals surface area contributed by atoms with Gasteiger partial charge in [0.1, 0.15) is 12.4 Å². The minimum atomic E-state index is 0.0351. The molecule has 4 heteroatoms. The first-order valence-corrected chi connectivity index (χ1v) is 6.78. The summed E-state index contributed by atoms with van der Waals surface area (Å²) >= 11 is 0. The second kappa shape index (κ2) is 5.33. The lowest BCUT2D eigenvalue weighted by Crippen LogP contribution is -2.11. The van der Waals surface area contributed by atoms with Gasteiger partial charge in [-0.15, -0.1) is 0 Å².